The van der Waals surface area contributed by atoms with Crippen LogP contribution in [-0.2, 0) is 11.3 Å². The Morgan fingerprint density at radius 3 is 2.64 bits per heavy atom. The first-order valence-electron chi connectivity index (χ1n) is 9.28. The van der Waals surface area contributed by atoms with Crippen molar-refractivity contribution in [2.24, 2.45) is 0 Å². The molecule has 2 aromatic heterocycles. The number of benzene rings is 1. The van der Waals surface area contributed by atoms with Crippen LogP contribution in [0.15, 0.2) is 36.4 Å². The van der Waals surface area contributed by atoms with Gasteiger partial charge in [0.2, 0.25) is 0 Å². The van der Waals surface area contributed by atoms with Gasteiger partial charge in [0.25, 0.3) is 0 Å². The number of aromatic nitrogens is 3. The van der Waals surface area contributed by atoms with Gasteiger partial charge in [-0.15, -0.1) is 0 Å². The van der Waals surface area contributed by atoms with E-state index >= 15 is 0 Å². The number of hydrogen-bond donors (Lipinski definition) is 1. The number of ether oxygens (including phenoxy) is 2. The second-order valence-electron chi connectivity index (χ2n) is 6.82. The number of fused-ring (bicyclic) bond motifs is 1. The minimum Gasteiger partial charge on any atom is -0.497 e. The maximum atomic E-state index is 10.9. The molecule has 0 saturated carbocycles. The van der Waals surface area contributed by atoms with Gasteiger partial charge in [-0.3, -0.25) is 4.90 Å². The first kappa shape index (κ1) is 19.1. The Balaban J connectivity index is 1.63. The maximum absolute atomic E-state index is 10.9. The molecule has 0 bridgehead atoms. The van der Waals surface area contributed by atoms with E-state index in [4.69, 9.17) is 26.2 Å². The summed E-state index contributed by atoms with van der Waals surface area (Å²) in [6.45, 7) is 4.04. The molecule has 28 heavy (non-hydrogen) atoms. The van der Waals surface area contributed by atoms with Crippen LogP contribution in [0.3, 0.4) is 0 Å². The van der Waals surface area contributed by atoms with Gasteiger partial charge >= 0.3 is 0 Å². The van der Waals surface area contributed by atoms with Gasteiger partial charge in [-0.05, 0) is 29.8 Å². The van der Waals surface area contributed by atoms with Crippen molar-refractivity contribution in [1.82, 2.24) is 19.7 Å². The number of hydrogen-bond acceptors (Lipinski definition) is 6. The van der Waals surface area contributed by atoms with Crippen molar-refractivity contribution in [3.05, 3.63) is 52.8 Å². The van der Waals surface area contributed by atoms with E-state index in [0.717, 1.165) is 29.8 Å². The molecule has 0 spiro atoms. The molecule has 148 valence electrons. The van der Waals surface area contributed by atoms with E-state index in [1.165, 1.54) is 0 Å². The van der Waals surface area contributed by atoms with Gasteiger partial charge in [0, 0.05) is 25.0 Å². The van der Waals surface area contributed by atoms with Gasteiger partial charge in [-0.25, -0.2) is 9.67 Å². The summed E-state index contributed by atoms with van der Waals surface area (Å²) in [5.41, 5.74) is 2.35. The Kier molecular flexibility index (Phi) is 5.77. The van der Waals surface area contributed by atoms with Crippen LogP contribution in [0.25, 0.3) is 11.0 Å². The summed E-state index contributed by atoms with van der Waals surface area (Å²) in [6.07, 6.45) is -0.708. The SMILES string of the molecule is COc1ccc(Cn2nc(C(O)CN3CCOCC3)c3ccc(Cl)nc32)cc1. The number of halogens is 1. The molecule has 1 N–H and O–H groups in total. The Morgan fingerprint density at radius 1 is 1.18 bits per heavy atom. The molecule has 7 nitrogen and oxygen atoms in total. The fourth-order valence-corrected chi connectivity index (χ4v) is 3.57. The average molecular weight is 403 g/mol. The molecule has 0 amide bonds. The van der Waals surface area contributed by atoms with Gasteiger partial charge in [-0.2, -0.15) is 5.10 Å². The number of pyridine rings is 1. The lowest BCUT2D eigenvalue weighted by atomic mass is 10.1. The van der Waals surface area contributed by atoms with E-state index in [2.05, 4.69) is 9.88 Å². The predicted octanol–water partition coefficient (Wildman–Crippen LogP) is 2.51. The minimum atomic E-state index is -0.708. The quantitative estimate of drug-likeness (QED) is 0.639. The second kappa shape index (κ2) is 8.45. The third-order valence-electron chi connectivity index (χ3n) is 4.93. The molecular formula is C20H23ClN4O3. The highest BCUT2D eigenvalue weighted by Crippen LogP contribution is 2.26. The molecule has 8 heteroatoms. The molecule has 4 rings (SSSR count). The van der Waals surface area contributed by atoms with E-state index in [9.17, 15) is 5.11 Å². The summed E-state index contributed by atoms with van der Waals surface area (Å²) in [6, 6.07) is 11.4. The van der Waals surface area contributed by atoms with Crippen molar-refractivity contribution in [3.63, 3.8) is 0 Å². The largest absolute Gasteiger partial charge is 0.497 e. The third kappa shape index (κ3) is 4.12. The first-order valence-corrected chi connectivity index (χ1v) is 9.66. The third-order valence-corrected chi connectivity index (χ3v) is 5.14. The predicted molar refractivity (Wildman–Crippen MR) is 107 cm³/mol. The van der Waals surface area contributed by atoms with E-state index in [1.54, 1.807) is 17.9 Å². The lowest BCUT2D eigenvalue weighted by Gasteiger charge is -2.28. The fraction of sp³-hybridized carbons (Fsp3) is 0.400. The molecule has 1 saturated heterocycles. The number of aliphatic hydroxyl groups is 1. The standard InChI is InChI=1S/C20H23ClN4O3/c1-27-15-4-2-14(3-5-15)12-25-20-16(6-7-18(21)22-20)19(23-25)17(26)13-24-8-10-28-11-9-24/h2-7,17,26H,8-13H2,1H3. The normalized spacial score (nSPS) is 16.4. The van der Waals surface area contributed by atoms with Crippen LogP contribution in [-0.4, -0.2) is 64.7 Å². The minimum absolute atomic E-state index is 0.401. The highest BCUT2D eigenvalue weighted by molar-refractivity contribution is 6.29. The van der Waals surface area contributed by atoms with Crippen molar-refractivity contribution >= 4 is 22.6 Å². The van der Waals surface area contributed by atoms with E-state index in [0.29, 0.717) is 42.8 Å². The molecule has 0 aliphatic carbocycles. The maximum Gasteiger partial charge on any atom is 0.160 e. The number of aliphatic hydroxyl groups excluding tert-OH is 1. The summed E-state index contributed by atoms with van der Waals surface area (Å²) in [7, 11) is 1.64. The number of methoxy groups -OCH3 is 1. The molecule has 0 radical (unpaired) electrons. The zero-order valence-corrected chi connectivity index (χ0v) is 16.5. The van der Waals surface area contributed by atoms with E-state index in [1.807, 2.05) is 30.3 Å². The Hall–Kier alpha value is -2.19. The lowest BCUT2D eigenvalue weighted by molar-refractivity contribution is 0.0137. The topological polar surface area (TPSA) is 72.6 Å². The van der Waals surface area contributed by atoms with Crippen molar-refractivity contribution in [2.45, 2.75) is 12.6 Å². The summed E-state index contributed by atoms with van der Waals surface area (Å²) >= 11 is 6.12. The van der Waals surface area contributed by atoms with E-state index in [-0.39, 0.29) is 0 Å². The average Bonchev–Trinajstić information content (AvgIpc) is 3.07. The molecule has 1 aromatic carbocycles. The fourth-order valence-electron chi connectivity index (χ4n) is 3.43. The van der Waals surface area contributed by atoms with Crippen molar-refractivity contribution in [1.29, 1.82) is 0 Å². The van der Waals surface area contributed by atoms with Crippen LogP contribution in [0.1, 0.15) is 17.4 Å². The zero-order valence-electron chi connectivity index (χ0n) is 15.7. The summed E-state index contributed by atoms with van der Waals surface area (Å²) in [5.74, 6) is 0.803. The van der Waals surface area contributed by atoms with Crippen molar-refractivity contribution in [3.8, 4) is 5.75 Å². The number of morpholine rings is 1. The lowest BCUT2D eigenvalue weighted by Crippen LogP contribution is -2.38. The van der Waals surface area contributed by atoms with Gasteiger partial charge in [0.1, 0.15) is 22.7 Å². The van der Waals surface area contributed by atoms with Crippen molar-refractivity contribution in [2.75, 3.05) is 40.0 Å². The highest BCUT2D eigenvalue weighted by Gasteiger charge is 2.22. The van der Waals surface area contributed by atoms with Crippen LogP contribution in [0.5, 0.6) is 5.75 Å². The number of nitrogens with zero attached hydrogens (tertiary/aromatic N) is 4. The first-order chi connectivity index (χ1) is 13.6. The van der Waals surface area contributed by atoms with Crippen LogP contribution in [0.4, 0.5) is 0 Å². The molecule has 1 fully saturated rings. The Bertz CT molecular complexity index is 939. The Morgan fingerprint density at radius 2 is 1.93 bits per heavy atom. The van der Waals surface area contributed by atoms with Crippen LogP contribution in [0, 0.1) is 0 Å². The Labute approximate surface area is 168 Å². The molecule has 1 aliphatic heterocycles. The second-order valence-corrected chi connectivity index (χ2v) is 7.21. The summed E-state index contributed by atoms with van der Waals surface area (Å²) in [4.78, 5) is 6.64. The van der Waals surface area contributed by atoms with Crippen LogP contribution < -0.4 is 4.74 Å². The molecule has 3 heterocycles. The summed E-state index contributed by atoms with van der Waals surface area (Å²) in [5, 5.41) is 16.8. The van der Waals surface area contributed by atoms with Gasteiger partial charge in [0.05, 0.1) is 26.9 Å². The summed E-state index contributed by atoms with van der Waals surface area (Å²) < 4.78 is 12.4. The smallest absolute Gasteiger partial charge is 0.160 e. The number of β-amino-alcohol motifs (C(OH)–C–C–N with tert-alkyl or cyclic N) is 1. The van der Waals surface area contributed by atoms with Crippen LogP contribution in [0.2, 0.25) is 5.15 Å². The van der Waals surface area contributed by atoms with Crippen molar-refractivity contribution < 1.29 is 14.6 Å². The highest BCUT2D eigenvalue weighted by atomic mass is 35.5. The number of rotatable bonds is 6. The van der Waals surface area contributed by atoms with E-state index < -0.39 is 6.10 Å². The van der Waals surface area contributed by atoms with Gasteiger partial charge in [0.15, 0.2) is 5.65 Å². The van der Waals surface area contributed by atoms with Crippen LogP contribution >= 0.6 is 11.6 Å². The van der Waals surface area contributed by atoms with Gasteiger partial charge < -0.3 is 14.6 Å². The monoisotopic (exact) mass is 402 g/mol. The molecule has 1 unspecified atom stereocenters. The molecule has 1 atom stereocenters. The van der Waals surface area contributed by atoms with Gasteiger partial charge in [-0.1, -0.05) is 23.7 Å². The molecule has 1 aliphatic rings. The zero-order chi connectivity index (χ0) is 19.5. The molecular weight excluding hydrogens is 380 g/mol. The molecule has 3 aromatic rings.